The van der Waals surface area contributed by atoms with Gasteiger partial charge in [0.2, 0.25) is 0 Å². The number of carbonyl (C=O) groups is 1. The summed E-state index contributed by atoms with van der Waals surface area (Å²) in [6.45, 7) is 3.88. The van der Waals surface area contributed by atoms with E-state index in [2.05, 4.69) is 20.9 Å². The quantitative estimate of drug-likeness (QED) is 0.795. The van der Waals surface area contributed by atoms with Gasteiger partial charge in [0, 0.05) is 11.1 Å². The number of hydrogen-bond donors (Lipinski definition) is 0. The van der Waals surface area contributed by atoms with Gasteiger partial charge in [0.15, 0.2) is 3.92 Å². The van der Waals surface area contributed by atoms with Crippen molar-refractivity contribution in [3.05, 3.63) is 15.0 Å². The lowest BCUT2D eigenvalue weighted by molar-refractivity contribution is -0.147. The molecule has 0 aliphatic carbocycles. The topological polar surface area (TPSA) is 39.2 Å². The van der Waals surface area contributed by atoms with E-state index >= 15 is 0 Å². The van der Waals surface area contributed by atoms with Crippen LogP contribution in [0.15, 0.2) is 10.1 Å². The molecular formula is C9H12BrNO2S. The Morgan fingerprint density at radius 1 is 1.79 bits per heavy atom. The first-order valence-corrected chi connectivity index (χ1v) is 6.02. The molecule has 0 saturated carbocycles. The van der Waals surface area contributed by atoms with Gasteiger partial charge >= 0.3 is 5.97 Å². The maximum Gasteiger partial charge on any atom is 0.311 e. The second-order valence-electron chi connectivity index (χ2n) is 2.97. The first-order chi connectivity index (χ1) is 6.61. The minimum atomic E-state index is -0.185. The number of esters is 1. The molecule has 0 N–H and O–H groups in total. The summed E-state index contributed by atoms with van der Waals surface area (Å²) >= 11 is 4.70. The van der Waals surface area contributed by atoms with Gasteiger partial charge in [0.25, 0.3) is 0 Å². The molecule has 1 heterocycles. The fourth-order valence-electron chi connectivity index (χ4n) is 0.857. The van der Waals surface area contributed by atoms with Crippen LogP contribution in [0.1, 0.15) is 25.1 Å². The molecular weight excluding hydrogens is 266 g/mol. The molecule has 0 aromatic carbocycles. The minimum Gasteiger partial charge on any atom is -0.462 e. The van der Waals surface area contributed by atoms with Crippen LogP contribution in [0.4, 0.5) is 0 Å². The van der Waals surface area contributed by atoms with Crippen molar-refractivity contribution in [1.29, 1.82) is 0 Å². The average molecular weight is 278 g/mol. The van der Waals surface area contributed by atoms with Gasteiger partial charge in [0.1, 0.15) is 0 Å². The van der Waals surface area contributed by atoms with E-state index in [1.54, 1.807) is 6.20 Å². The van der Waals surface area contributed by atoms with Crippen LogP contribution < -0.4 is 0 Å². The lowest BCUT2D eigenvalue weighted by Gasteiger charge is -2.09. The normalized spacial score (nSPS) is 12.5. The van der Waals surface area contributed by atoms with E-state index in [1.807, 2.05) is 13.8 Å². The summed E-state index contributed by atoms with van der Waals surface area (Å²) in [6.07, 6.45) is 2.84. The zero-order chi connectivity index (χ0) is 10.6. The summed E-state index contributed by atoms with van der Waals surface area (Å²) in [5.41, 5.74) is 0. The number of aromatic nitrogens is 1. The molecule has 0 bridgehead atoms. The molecule has 78 valence electrons. The van der Waals surface area contributed by atoms with Crippen molar-refractivity contribution in [3.63, 3.8) is 0 Å². The molecule has 1 aromatic heterocycles. The smallest absolute Gasteiger partial charge is 0.311 e. The van der Waals surface area contributed by atoms with Crippen LogP contribution in [-0.2, 0) is 16.0 Å². The van der Waals surface area contributed by atoms with Crippen LogP contribution >= 0.6 is 27.3 Å². The highest BCUT2D eigenvalue weighted by Crippen LogP contribution is 2.19. The van der Waals surface area contributed by atoms with Crippen molar-refractivity contribution in [2.45, 2.75) is 32.8 Å². The zero-order valence-corrected chi connectivity index (χ0v) is 10.5. The van der Waals surface area contributed by atoms with Crippen molar-refractivity contribution < 1.29 is 9.53 Å². The Labute approximate surface area is 95.6 Å². The third kappa shape index (κ3) is 3.75. The molecule has 5 heteroatoms. The third-order valence-corrected chi connectivity index (χ3v) is 3.23. The molecule has 1 rings (SSSR count). The SMILES string of the molecule is CCC(C)OC(=O)Cc1cnc(Br)s1. The number of nitrogens with zero attached hydrogens (tertiary/aromatic N) is 1. The largest absolute Gasteiger partial charge is 0.462 e. The van der Waals surface area contributed by atoms with Crippen LogP contribution in [0.25, 0.3) is 0 Å². The second kappa shape index (κ2) is 5.46. The van der Waals surface area contributed by atoms with Gasteiger partial charge in [-0.1, -0.05) is 6.92 Å². The first-order valence-electron chi connectivity index (χ1n) is 4.41. The number of ether oxygens (including phenoxy) is 1. The zero-order valence-electron chi connectivity index (χ0n) is 8.12. The van der Waals surface area contributed by atoms with Gasteiger partial charge in [-0.05, 0) is 29.3 Å². The van der Waals surface area contributed by atoms with Crippen LogP contribution in [0.2, 0.25) is 0 Å². The molecule has 0 aliphatic heterocycles. The Kier molecular flexibility index (Phi) is 4.54. The molecule has 0 saturated heterocycles. The summed E-state index contributed by atoms with van der Waals surface area (Å²) in [7, 11) is 0. The highest BCUT2D eigenvalue weighted by Gasteiger charge is 2.10. The third-order valence-electron chi connectivity index (χ3n) is 1.75. The monoisotopic (exact) mass is 277 g/mol. The molecule has 14 heavy (non-hydrogen) atoms. The van der Waals surface area contributed by atoms with Crippen LogP contribution in [0.3, 0.4) is 0 Å². The van der Waals surface area contributed by atoms with Gasteiger partial charge in [0.05, 0.1) is 12.5 Å². The molecule has 1 atom stereocenters. The lowest BCUT2D eigenvalue weighted by Crippen LogP contribution is -2.15. The van der Waals surface area contributed by atoms with Crippen LogP contribution in [0, 0.1) is 0 Å². The summed E-state index contributed by atoms with van der Waals surface area (Å²) in [6, 6.07) is 0. The fourth-order valence-corrected chi connectivity index (χ4v) is 2.20. The summed E-state index contributed by atoms with van der Waals surface area (Å²) in [5, 5.41) is 0. The summed E-state index contributed by atoms with van der Waals surface area (Å²) in [5.74, 6) is -0.185. The predicted molar refractivity (Wildman–Crippen MR) is 59.4 cm³/mol. The molecule has 0 aliphatic rings. The Balaban J connectivity index is 2.41. The summed E-state index contributed by atoms with van der Waals surface area (Å²) in [4.78, 5) is 16.3. The molecule has 3 nitrogen and oxygen atoms in total. The number of carbonyl (C=O) groups excluding carboxylic acids is 1. The van der Waals surface area contributed by atoms with Gasteiger partial charge < -0.3 is 4.74 Å². The number of hydrogen-bond acceptors (Lipinski definition) is 4. The Morgan fingerprint density at radius 3 is 3.00 bits per heavy atom. The maximum atomic E-state index is 11.3. The van der Waals surface area contributed by atoms with E-state index in [9.17, 15) is 4.79 Å². The molecule has 0 radical (unpaired) electrons. The van der Waals surface area contributed by atoms with E-state index in [-0.39, 0.29) is 12.1 Å². The van der Waals surface area contributed by atoms with E-state index < -0.39 is 0 Å². The standard InChI is InChI=1S/C9H12BrNO2S/c1-3-6(2)13-8(12)4-7-5-11-9(10)14-7/h5-6H,3-4H2,1-2H3. The van der Waals surface area contributed by atoms with Gasteiger partial charge in [-0.2, -0.15) is 0 Å². The van der Waals surface area contributed by atoms with Gasteiger partial charge in [-0.3, -0.25) is 4.79 Å². The predicted octanol–water partition coefficient (Wildman–Crippen LogP) is 2.79. The molecule has 1 aromatic rings. The van der Waals surface area contributed by atoms with Crippen molar-refractivity contribution in [2.24, 2.45) is 0 Å². The molecule has 0 amide bonds. The van der Waals surface area contributed by atoms with E-state index in [4.69, 9.17) is 4.74 Å². The van der Waals surface area contributed by atoms with Crippen molar-refractivity contribution in [2.75, 3.05) is 0 Å². The highest BCUT2D eigenvalue weighted by molar-refractivity contribution is 9.11. The van der Waals surface area contributed by atoms with Crippen molar-refractivity contribution in [1.82, 2.24) is 4.98 Å². The number of thiazole rings is 1. The Bertz CT molecular complexity index is 314. The Hall–Kier alpha value is -0.420. The highest BCUT2D eigenvalue weighted by atomic mass is 79.9. The van der Waals surface area contributed by atoms with Crippen molar-refractivity contribution >= 4 is 33.2 Å². The first kappa shape index (κ1) is 11.7. The summed E-state index contributed by atoms with van der Waals surface area (Å²) < 4.78 is 5.93. The van der Waals surface area contributed by atoms with E-state index in [0.717, 1.165) is 15.2 Å². The molecule has 0 spiro atoms. The van der Waals surface area contributed by atoms with E-state index in [1.165, 1.54) is 11.3 Å². The fraction of sp³-hybridized carbons (Fsp3) is 0.556. The second-order valence-corrected chi connectivity index (χ2v) is 5.36. The van der Waals surface area contributed by atoms with Gasteiger partial charge in [-0.25, -0.2) is 4.98 Å². The Morgan fingerprint density at radius 2 is 2.50 bits per heavy atom. The molecule has 1 unspecified atom stereocenters. The van der Waals surface area contributed by atoms with Crippen LogP contribution in [0.5, 0.6) is 0 Å². The molecule has 0 fully saturated rings. The maximum absolute atomic E-state index is 11.3. The number of rotatable bonds is 4. The van der Waals surface area contributed by atoms with Gasteiger partial charge in [-0.15, -0.1) is 11.3 Å². The lowest BCUT2D eigenvalue weighted by atomic mass is 10.3. The van der Waals surface area contributed by atoms with Crippen molar-refractivity contribution in [3.8, 4) is 0 Å². The van der Waals surface area contributed by atoms with Crippen LogP contribution in [-0.4, -0.2) is 17.1 Å². The minimum absolute atomic E-state index is 0.00105. The van der Waals surface area contributed by atoms with E-state index in [0.29, 0.717) is 6.42 Å². The number of halogens is 1. The average Bonchev–Trinajstić information content (AvgIpc) is 2.50.